The van der Waals surface area contributed by atoms with Crippen LogP contribution in [0.1, 0.15) is 5.89 Å². The van der Waals surface area contributed by atoms with E-state index in [1.165, 1.54) is 0 Å². The monoisotopic (exact) mass is 359 g/mol. The Morgan fingerprint density at radius 3 is 2.64 bits per heavy atom. The van der Waals surface area contributed by atoms with E-state index in [2.05, 4.69) is 10.1 Å². The zero-order valence-corrected chi connectivity index (χ0v) is 13.8. The maximum Gasteiger partial charge on any atom is 0.264 e. The standard InChI is InChI=1S/C17H14ClN3O4/c18-12-2-1-3-14(8-12)24-10-16-20-17(21-25-16)11-4-6-13(7-5-11)23-9-15(19)22/h1-8H,9-10H2,(H2,19,22). The van der Waals surface area contributed by atoms with Crippen LogP contribution in [0.15, 0.2) is 53.1 Å². The number of nitrogens with two attached hydrogens (primary N) is 1. The molecule has 0 aliphatic rings. The Kier molecular flexibility index (Phi) is 5.15. The van der Waals surface area contributed by atoms with E-state index in [1.54, 1.807) is 48.5 Å². The van der Waals surface area contributed by atoms with Gasteiger partial charge in [-0.05, 0) is 42.5 Å². The fraction of sp³-hybridized carbons (Fsp3) is 0.118. The lowest BCUT2D eigenvalue weighted by atomic mass is 10.2. The van der Waals surface area contributed by atoms with Crippen molar-refractivity contribution in [2.24, 2.45) is 5.73 Å². The molecule has 128 valence electrons. The minimum absolute atomic E-state index is 0.132. The smallest absolute Gasteiger partial charge is 0.264 e. The van der Waals surface area contributed by atoms with Crippen molar-refractivity contribution in [3.8, 4) is 22.9 Å². The molecule has 1 aromatic heterocycles. The van der Waals surface area contributed by atoms with E-state index in [9.17, 15) is 4.79 Å². The van der Waals surface area contributed by atoms with Crippen LogP contribution < -0.4 is 15.2 Å². The highest BCUT2D eigenvalue weighted by Gasteiger charge is 2.10. The number of benzene rings is 2. The van der Waals surface area contributed by atoms with Gasteiger partial charge in [0.25, 0.3) is 11.8 Å². The number of aromatic nitrogens is 2. The molecular formula is C17H14ClN3O4. The van der Waals surface area contributed by atoms with Crippen molar-refractivity contribution in [3.05, 3.63) is 59.4 Å². The van der Waals surface area contributed by atoms with Gasteiger partial charge in [-0.25, -0.2) is 0 Å². The fourth-order valence-electron chi connectivity index (χ4n) is 1.99. The van der Waals surface area contributed by atoms with Gasteiger partial charge in [-0.3, -0.25) is 4.79 Å². The number of ether oxygens (including phenoxy) is 2. The second kappa shape index (κ2) is 7.67. The van der Waals surface area contributed by atoms with Gasteiger partial charge in [0.1, 0.15) is 11.5 Å². The first kappa shape index (κ1) is 16.8. The Hall–Kier alpha value is -3.06. The van der Waals surface area contributed by atoms with E-state index < -0.39 is 5.91 Å². The highest BCUT2D eigenvalue weighted by molar-refractivity contribution is 6.30. The van der Waals surface area contributed by atoms with Crippen LogP contribution in [-0.4, -0.2) is 22.7 Å². The summed E-state index contributed by atoms with van der Waals surface area (Å²) in [7, 11) is 0. The summed E-state index contributed by atoms with van der Waals surface area (Å²) in [6.45, 7) is -0.0420. The lowest BCUT2D eigenvalue weighted by molar-refractivity contribution is -0.119. The number of carbonyl (C=O) groups excluding carboxylic acids is 1. The number of halogens is 1. The molecule has 0 saturated carbocycles. The Morgan fingerprint density at radius 1 is 1.12 bits per heavy atom. The van der Waals surface area contributed by atoms with Crippen LogP contribution in [0.4, 0.5) is 0 Å². The maximum absolute atomic E-state index is 10.7. The average Bonchev–Trinajstić information content (AvgIpc) is 3.08. The predicted molar refractivity (Wildman–Crippen MR) is 90.2 cm³/mol. The van der Waals surface area contributed by atoms with Crippen molar-refractivity contribution >= 4 is 17.5 Å². The minimum Gasteiger partial charge on any atom is -0.484 e. The second-order valence-corrected chi connectivity index (χ2v) is 5.47. The Balaban J connectivity index is 1.61. The number of amides is 1. The van der Waals surface area contributed by atoms with Crippen LogP contribution in [0.25, 0.3) is 11.4 Å². The number of carbonyl (C=O) groups is 1. The van der Waals surface area contributed by atoms with Gasteiger partial charge in [-0.2, -0.15) is 4.98 Å². The van der Waals surface area contributed by atoms with E-state index in [1.807, 2.05) is 0 Å². The van der Waals surface area contributed by atoms with Crippen molar-refractivity contribution in [2.45, 2.75) is 6.61 Å². The molecule has 0 saturated heterocycles. The number of nitrogens with zero attached hydrogens (tertiary/aromatic N) is 2. The number of hydrogen-bond acceptors (Lipinski definition) is 6. The first-order chi connectivity index (χ1) is 12.1. The summed E-state index contributed by atoms with van der Waals surface area (Å²) in [5.74, 6) is 1.36. The lowest BCUT2D eigenvalue weighted by Gasteiger charge is -2.03. The SMILES string of the molecule is NC(=O)COc1ccc(-c2noc(COc3cccc(Cl)c3)n2)cc1. The third-order valence-corrected chi connectivity index (χ3v) is 3.36. The minimum atomic E-state index is -0.536. The van der Waals surface area contributed by atoms with Gasteiger partial charge in [-0.1, -0.05) is 22.8 Å². The van der Waals surface area contributed by atoms with E-state index in [4.69, 9.17) is 31.3 Å². The molecule has 3 rings (SSSR count). The third-order valence-electron chi connectivity index (χ3n) is 3.12. The van der Waals surface area contributed by atoms with Gasteiger partial charge >= 0.3 is 0 Å². The summed E-state index contributed by atoms with van der Waals surface area (Å²) in [4.78, 5) is 15.0. The van der Waals surface area contributed by atoms with Crippen molar-refractivity contribution < 1.29 is 18.8 Å². The van der Waals surface area contributed by atoms with E-state index in [0.29, 0.717) is 28.2 Å². The van der Waals surface area contributed by atoms with E-state index in [-0.39, 0.29) is 13.2 Å². The third kappa shape index (κ3) is 4.71. The summed E-state index contributed by atoms with van der Waals surface area (Å²) in [5.41, 5.74) is 5.77. The quantitative estimate of drug-likeness (QED) is 0.696. The highest BCUT2D eigenvalue weighted by Crippen LogP contribution is 2.21. The molecule has 2 aromatic carbocycles. The molecule has 0 spiro atoms. The van der Waals surface area contributed by atoms with E-state index >= 15 is 0 Å². The molecule has 0 bridgehead atoms. The van der Waals surface area contributed by atoms with Gasteiger partial charge in [0, 0.05) is 10.6 Å². The molecule has 7 nitrogen and oxygen atoms in total. The molecular weight excluding hydrogens is 346 g/mol. The van der Waals surface area contributed by atoms with Crippen LogP contribution in [0.5, 0.6) is 11.5 Å². The Bertz CT molecular complexity index is 864. The topological polar surface area (TPSA) is 100 Å². The summed E-state index contributed by atoms with van der Waals surface area (Å²) < 4.78 is 15.9. The summed E-state index contributed by atoms with van der Waals surface area (Å²) in [5, 5.41) is 4.50. The van der Waals surface area contributed by atoms with Gasteiger partial charge in [0.15, 0.2) is 13.2 Å². The maximum atomic E-state index is 10.7. The summed E-state index contributed by atoms with van der Waals surface area (Å²) in [6, 6.07) is 13.9. The molecule has 0 aliphatic carbocycles. The molecule has 3 aromatic rings. The summed E-state index contributed by atoms with van der Waals surface area (Å²) in [6.07, 6.45) is 0. The first-order valence-corrected chi connectivity index (χ1v) is 7.70. The zero-order chi connectivity index (χ0) is 17.6. The van der Waals surface area contributed by atoms with Crippen LogP contribution in [-0.2, 0) is 11.4 Å². The predicted octanol–water partition coefficient (Wildman–Crippen LogP) is 2.83. The fourth-order valence-corrected chi connectivity index (χ4v) is 2.17. The van der Waals surface area contributed by atoms with Gasteiger partial charge in [0.05, 0.1) is 0 Å². The summed E-state index contributed by atoms with van der Waals surface area (Å²) >= 11 is 5.90. The first-order valence-electron chi connectivity index (χ1n) is 7.32. The van der Waals surface area contributed by atoms with Crippen molar-refractivity contribution in [2.75, 3.05) is 6.61 Å². The second-order valence-electron chi connectivity index (χ2n) is 5.04. The Morgan fingerprint density at radius 2 is 1.92 bits per heavy atom. The normalized spacial score (nSPS) is 10.4. The molecule has 0 atom stereocenters. The molecule has 0 fully saturated rings. The molecule has 0 aliphatic heterocycles. The number of hydrogen-bond donors (Lipinski definition) is 1. The highest BCUT2D eigenvalue weighted by atomic mass is 35.5. The molecule has 2 N–H and O–H groups in total. The van der Waals surface area contributed by atoms with Crippen LogP contribution in [0.2, 0.25) is 5.02 Å². The van der Waals surface area contributed by atoms with Crippen LogP contribution >= 0.6 is 11.6 Å². The molecule has 1 amide bonds. The molecule has 0 radical (unpaired) electrons. The lowest BCUT2D eigenvalue weighted by Crippen LogP contribution is -2.19. The average molecular weight is 360 g/mol. The van der Waals surface area contributed by atoms with Gasteiger partial charge < -0.3 is 19.7 Å². The van der Waals surface area contributed by atoms with Crippen molar-refractivity contribution in [1.29, 1.82) is 0 Å². The number of rotatable bonds is 7. The zero-order valence-electron chi connectivity index (χ0n) is 13.0. The van der Waals surface area contributed by atoms with Gasteiger partial charge in [0.2, 0.25) is 5.82 Å². The van der Waals surface area contributed by atoms with Crippen LogP contribution in [0, 0.1) is 0 Å². The molecule has 8 heteroatoms. The van der Waals surface area contributed by atoms with Crippen LogP contribution in [0.3, 0.4) is 0 Å². The Labute approximate surface area is 148 Å². The van der Waals surface area contributed by atoms with Crippen molar-refractivity contribution in [3.63, 3.8) is 0 Å². The molecule has 0 unspecified atom stereocenters. The largest absolute Gasteiger partial charge is 0.484 e. The van der Waals surface area contributed by atoms with Gasteiger partial charge in [-0.15, -0.1) is 0 Å². The number of primary amides is 1. The molecule has 1 heterocycles. The molecule has 25 heavy (non-hydrogen) atoms. The van der Waals surface area contributed by atoms with Crippen molar-refractivity contribution in [1.82, 2.24) is 10.1 Å². The van der Waals surface area contributed by atoms with E-state index in [0.717, 1.165) is 5.56 Å².